The number of nitrogens with one attached hydrogen (secondary N) is 2. The van der Waals surface area contributed by atoms with Crippen molar-refractivity contribution in [3.8, 4) is 0 Å². The highest BCUT2D eigenvalue weighted by Crippen LogP contribution is 2.25. The fraction of sp³-hybridized carbons (Fsp3) is 0.588. The zero-order chi connectivity index (χ0) is 20.7. The molecule has 0 aliphatic carbocycles. The molecule has 1 aliphatic rings. The van der Waals surface area contributed by atoms with E-state index in [1.54, 1.807) is 0 Å². The van der Waals surface area contributed by atoms with Gasteiger partial charge < -0.3 is 15.4 Å². The second-order valence-electron chi connectivity index (χ2n) is 6.72. The van der Waals surface area contributed by atoms with Crippen molar-refractivity contribution in [2.75, 3.05) is 51.5 Å². The van der Waals surface area contributed by atoms with Crippen LogP contribution in [0.15, 0.2) is 18.2 Å². The van der Waals surface area contributed by atoms with Crippen LogP contribution >= 0.6 is 0 Å². The van der Waals surface area contributed by atoms with E-state index in [2.05, 4.69) is 10.6 Å². The number of ether oxygens (including phenoxy) is 1. The number of nitro groups is 1. The van der Waals surface area contributed by atoms with Gasteiger partial charge in [-0.2, -0.15) is 0 Å². The van der Waals surface area contributed by atoms with E-state index >= 15 is 0 Å². The Morgan fingerprint density at radius 1 is 1.36 bits per heavy atom. The van der Waals surface area contributed by atoms with Gasteiger partial charge in [-0.3, -0.25) is 14.9 Å². The zero-order valence-corrected chi connectivity index (χ0v) is 16.8. The molecule has 2 N–H and O–H groups in total. The SMILES string of the molecule is COCCNc1ccc(C(=O)NCC2CCN(S(C)(=O)=O)CC2)cc1[N+](=O)[O-]. The van der Waals surface area contributed by atoms with Gasteiger partial charge in [-0.15, -0.1) is 0 Å². The fourth-order valence-corrected chi connectivity index (χ4v) is 3.92. The molecule has 0 bridgehead atoms. The van der Waals surface area contributed by atoms with Crippen LogP contribution in [0.4, 0.5) is 11.4 Å². The van der Waals surface area contributed by atoms with Gasteiger partial charge in [0.05, 0.1) is 17.8 Å². The van der Waals surface area contributed by atoms with Crippen molar-refractivity contribution in [3.05, 3.63) is 33.9 Å². The van der Waals surface area contributed by atoms with Crippen molar-refractivity contribution < 1.29 is 22.9 Å². The first-order valence-corrected chi connectivity index (χ1v) is 10.8. The Morgan fingerprint density at radius 3 is 2.61 bits per heavy atom. The van der Waals surface area contributed by atoms with E-state index in [1.807, 2.05) is 0 Å². The minimum Gasteiger partial charge on any atom is -0.383 e. The number of methoxy groups -OCH3 is 1. The lowest BCUT2D eigenvalue weighted by Crippen LogP contribution is -2.41. The van der Waals surface area contributed by atoms with Gasteiger partial charge in [0.2, 0.25) is 10.0 Å². The van der Waals surface area contributed by atoms with Crippen molar-refractivity contribution in [1.29, 1.82) is 0 Å². The van der Waals surface area contributed by atoms with Crippen LogP contribution < -0.4 is 10.6 Å². The number of piperidine rings is 1. The number of nitro benzene ring substituents is 1. The highest BCUT2D eigenvalue weighted by atomic mass is 32.2. The lowest BCUT2D eigenvalue weighted by molar-refractivity contribution is -0.384. The summed E-state index contributed by atoms with van der Waals surface area (Å²) in [7, 11) is -1.64. The number of carbonyl (C=O) groups is 1. The molecular formula is C17H26N4O6S. The molecule has 0 unspecified atom stereocenters. The minimum absolute atomic E-state index is 0.173. The molecule has 0 spiro atoms. The number of anilines is 1. The Bertz CT molecular complexity index is 806. The van der Waals surface area contributed by atoms with Gasteiger partial charge >= 0.3 is 0 Å². The molecule has 10 nitrogen and oxygen atoms in total. The number of rotatable bonds is 9. The first-order valence-electron chi connectivity index (χ1n) is 8.97. The molecule has 1 amide bonds. The van der Waals surface area contributed by atoms with Crippen molar-refractivity contribution in [1.82, 2.24) is 9.62 Å². The average molecular weight is 414 g/mol. The van der Waals surface area contributed by atoms with Gasteiger partial charge in [-0.25, -0.2) is 12.7 Å². The standard InChI is InChI=1S/C17H26N4O6S/c1-27-10-7-18-15-4-3-14(11-16(15)21(23)24)17(22)19-12-13-5-8-20(9-6-13)28(2,25)26/h3-4,11,13,18H,5-10,12H2,1-2H3,(H,19,22). The third kappa shape index (κ3) is 6.14. The largest absolute Gasteiger partial charge is 0.383 e. The number of hydrogen-bond acceptors (Lipinski definition) is 7. The molecule has 2 rings (SSSR count). The van der Waals surface area contributed by atoms with E-state index in [4.69, 9.17) is 4.74 Å². The molecule has 1 aromatic carbocycles. The van der Waals surface area contributed by atoms with Crippen LogP contribution in [0, 0.1) is 16.0 Å². The van der Waals surface area contributed by atoms with E-state index in [0.29, 0.717) is 51.3 Å². The summed E-state index contributed by atoms with van der Waals surface area (Å²) in [6, 6.07) is 4.29. The number of hydrogen-bond donors (Lipinski definition) is 2. The third-order valence-corrected chi connectivity index (χ3v) is 5.98. The first-order chi connectivity index (χ1) is 13.2. The summed E-state index contributed by atoms with van der Waals surface area (Å²) >= 11 is 0. The van der Waals surface area contributed by atoms with E-state index in [9.17, 15) is 23.3 Å². The molecule has 0 radical (unpaired) electrons. The second kappa shape index (κ2) is 9.80. The maximum atomic E-state index is 12.4. The molecule has 0 atom stereocenters. The molecule has 1 heterocycles. The van der Waals surface area contributed by atoms with Gasteiger partial charge in [-0.1, -0.05) is 0 Å². The normalized spacial score (nSPS) is 15.9. The molecular weight excluding hydrogens is 388 g/mol. The van der Waals surface area contributed by atoms with Gasteiger partial charge in [0.1, 0.15) is 5.69 Å². The molecule has 11 heteroatoms. The smallest absolute Gasteiger partial charge is 0.293 e. The molecule has 28 heavy (non-hydrogen) atoms. The Balaban J connectivity index is 1.93. The van der Waals surface area contributed by atoms with E-state index < -0.39 is 20.9 Å². The lowest BCUT2D eigenvalue weighted by Gasteiger charge is -2.30. The Hall–Kier alpha value is -2.24. The summed E-state index contributed by atoms with van der Waals surface area (Å²) < 4.78 is 29.4. The van der Waals surface area contributed by atoms with Crippen molar-refractivity contribution >= 4 is 27.3 Å². The number of sulfonamides is 1. The van der Waals surface area contributed by atoms with Crippen molar-refractivity contribution in [2.45, 2.75) is 12.8 Å². The maximum absolute atomic E-state index is 12.4. The van der Waals surface area contributed by atoms with Gasteiger partial charge in [0, 0.05) is 44.9 Å². The van der Waals surface area contributed by atoms with Crippen LogP contribution in [0.2, 0.25) is 0 Å². The Labute approximate surface area is 164 Å². The first kappa shape index (κ1) is 22.1. The summed E-state index contributed by atoms with van der Waals surface area (Å²) in [6.07, 6.45) is 2.52. The van der Waals surface area contributed by atoms with Crippen LogP contribution in [0.1, 0.15) is 23.2 Å². The second-order valence-corrected chi connectivity index (χ2v) is 8.71. The van der Waals surface area contributed by atoms with Crippen molar-refractivity contribution in [2.24, 2.45) is 5.92 Å². The third-order valence-electron chi connectivity index (χ3n) is 4.67. The number of nitrogens with zero attached hydrogens (tertiary/aromatic N) is 2. The number of amides is 1. The fourth-order valence-electron chi connectivity index (χ4n) is 3.05. The van der Waals surface area contributed by atoms with Gasteiger partial charge in [0.15, 0.2) is 0 Å². The summed E-state index contributed by atoms with van der Waals surface area (Å²) in [4.78, 5) is 23.1. The highest BCUT2D eigenvalue weighted by molar-refractivity contribution is 7.88. The summed E-state index contributed by atoms with van der Waals surface area (Å²) in [5.41, 5.74) is 0.356. The predicted molar refractivity (Wildman–Crippen MR) is 105 cm³/mol. The average Bonchev–Trinajstić information content (AvgIpc) is 2.66. The van der Waals surface area contributed by atoms with Crippen LogP contribution in [-0.4, -0.2) is 69.7 Å². The van der Waals surface area contributed by atoms with Crippen LogP contribution in [0.3, 0.4) is 0 Å². The van der Waals surface area contributed by atoms with Gasteiger partial charge in [-0.05, 0) is 30.9 Å². The molecule has 1 saturated heterocycles. The maximum Gasteiger partial charge on any atom is 0.293 e. The van der Waals surface area contributed by atoms with E-state index in [0.717, 1.165) is 0 Å². The van der Waals surface area contributed by atoms with E-state index in [-0.39, 0.29) is 17.2 Å². The van der Waals surface area contributed by atoms with Crippen LogP contribution in [0.25, 0.3) is 0 Å². The molecule has 0 saturated carbocycles. The Kier molecular flexibility index (Phi) is 7.72. The number of benzene rings is 1. The molecule has 1 aromatic rings. The predicted octanol–water partition coefficient (Wildman–Crippen LogP) is 1.05. The summed E-state index contributed by atoms with van der Waals surface area (Å²) in [6.45, 7) is 2.09. The van der Waals surface area contributed by atoms with Crippen LogP contribution in [0.5, 0.6) is 0 Å². The topological polar surface area (TPSA) is 131 Å². The Morgan fingerprint density at radius 2 is 2.04 bits per heavy atom. The highest BCUT2D eigenvalue weighted by Gasteiger charge is 2.25. The molecule has 1 fully saturated rings. The van der Waals surface area contributed by atoms with Crippen LogP contribution in [-0.2, 0) is 14.8 Å². The van der Waals surface area contributed by atoms with Gasteiger partial charge in [0.25, 0.3) is 11.6 Å². The van der Waals surface area contributed by atoms with Crippen molar-refractivity contribution in [3.63, 3.8) is 0 Å². The molecule has 156 valence electrons. The monoisotopic (exact) mass is 414 g/mol. The quantitative estimate of drug-likeness (QED) is 0.351. The zero-order valence-electron chi connectivity index (χ0n) is 16.0. The van der Waals surface area contributed by atoms with E-state index in [1.165, 1.54) is 35.9 Å². The molecule has 1 aliphatic heterocycles. The summed E-state index contributed by atoms with van der Waals surface area (Å²) in [5, 5.41) is 17.0. The lowest BCUT2D eigenvalue weighted by atomic mass is 9.98. The number of carbonyl (C=O) groups excluding carboxylic acids is 1. The molecule has 0 aromatic heterocycles. The summed E-state index contributed by atoms with van der Waals surface area (Å²) in [5.74, 6) is -0.219. The minimum atomic E-state index is -3.18.